The van der Waals surface area contributed by atoms with Gasteiger partial charge < -0.3 is 10.4 Å². The van der Waals surface area contributed by atoms with Crippen molar-refractivity contribution in [3.05, 3.63) is 82.8 Å². The van der Waals surface area contributed by atoms with E-state index < -0.39 is 5.41 Å². The Morgan fingerprint density at radius 1 is 0.911 bits per heavy atom. The van der Waals surface area contributed by atoms with Gasteiger partial charge in [0.15, 0.2) is 0 Å². The van der Waals surface area contributed by atoms with Crippen LogP contribution in [-0.4, -0.2) is 11.0 Å². The van der Waals surface area contributed by atoms with Crippen LogP contribution in [0, 0.1) is 34.4 Å². The smallest absolute Gasteiger partial charge is 0.235 e. The summed E-state index contributed by atoms with van der Waals surface area (Å²) in [6.45, 7) is 29.8. The van der Waals surface area contributed by atoms with E-state index in [0.717, 1.165) is 76.8 Å². The second-order valence-corrected chi connectivity index (χ2v) is 15.1. The van der Waals surface area contributed by atoms with Crippen LogP contribution in [0.4, 0.5) is 4.39 Å². The number of unbranched alkanes of at least 4 members (excludes halogenated alkanes) is 1. The van der Waals surface area contributed by atoms with Gasteiger partial charge in [0.05, 0.1) is 11.5 Å². The van der Waals surface area contributed by atoms with Gasteiger partial charge >= 0.3 is 0 Å². The first-order valence-electron chi connectivity index (χ1n) is 22.2. The summed E-state index contributed by atoms with van der Waals surface area (Å²) in [5, 5.41) is 25.1. The number of nitrogens with one attached hydrogen (secondary N) is 1. The van der Waals surface area contributed by atoms with Crippen LogP contribution < -0.4 is 5.32 Å². The van der Waals surface area contributed by atoms with Crippen LogP contribution in [0.3, 0.4) is 0 Å². The molecule has 0 spiro atoms. The van der Waals surface area contributed by atoms with E-state index in [1.807, 2.05) is 58.9 Å². The van der Waals surface area contributed by atoms with Gasteiger partial charge in [0.25, 0.3) is 0 Å². The number of hydrogen-bond donors (Lipinski definition) is 2. The lowest BCUT2D eigenvalue weighted by molar-refractivity contribution is -0.126. The second kappa shape index (κ2) is 26.1. The van der Waals surface area contributed by atoms with E-state index in [2.05, 4.69) is 72.5 Å². The fourth-order valence-corrected chi connectivity index (χ4v) is 7.97. The van der Waals surface area contributed by atoms with Crippen molar-refractivity contribution in [2.45, 2.75) is 173 Å². The molecule has 56 heavy (non-hydrogen) atoms. The fourth-order valence-electron chi connectivity index (χ4n) is 7.97. The number of carbonyl (C=O) groups is 1. The Hall–Kier alpha value is -3.91. The average Bonchev–Trinajstić information content (AvgIpc) is 3.49. The van der Waals surface area contributed by atoms with Crippen LogP contribution in [0.15, 0.2) is 60.3 Å². The number of nitrogens with zero attached hydrogens (tertiary/aromatic N) is 1. The molecule has 1 unspecified atom stereocenters. The number of aryl methyl sites for hydroxylation is 1. The zero-order chi connectivity index (χ0) is 42.4. The van der Waals surface area contributed by atoms with Gasteiger partial charge in [-0.05, 0) is 107 Å². The summed E-state index contributed by atoms with van der Waals surface area (Å²) in [6.07, 6.45) is 11.5. The van der Waals surface area contributed by atoms with Crippen LogP contribution in [0.1, 0.15) is 177 Å². The predicted molar refractivity (Wildman–Crippen MR) is 241 cm³/mol. The van der Waals surface area contributed by atoms with Gasteiger partial charge in [-0.3, -0.25) is 4.79 Å². The molecule has 5 heteroatoms. The fraction of sp³-hybridized carbons (Fsp3) is 0.569. The zero-order valence-corrected chi connectivity index (χ0v) is 37.5. The van der Waals surface area contributed by atoms with Crippen LogP contribution in [0.5, 0.6) is 5.75 Å². The first-order valence-corrected chi connectivity index (χ1v) is 22.2. The molecular formula is C51H77FN2O2. The largest absolute Gasteiger partial charge is 0.508 e. The van der Waals surface area contributed by atoms with E-state index in [1.165, 1.54) is 19.3 Å². The maximum atomic E-state index is 17.5. The number of allylic oxidation sites excluding steroid dienone is 1. The molecule has 310 valence electrons. The highest BCUT2D eigenvalue weighted by Gasteiger charge is 2.48. The molecule has 1 amide bonds. The molecule has 3 aromatic rings. The number of halogens is 1. The minimum absolute atomic E-state index is 0.0204. The molecule has 3 aromatic carbocycles. The number of fused-ring (bicyclic) bond motifs is 1. The van der Waals surface area contributed by atoms with Crippen LogP contribution in [0.25, 0.3) is 27.5 Å². The topological polar surface area (TPSA) is 73.1 Å². The molecule has 0 bridgehead atoms. The summed E-state index contributed by atoms with van der Waals surface area (Å²) in [5.41, 5.74) is 5.00. The Morgan fingerprint density at radius 2 is 1.55 bits per heavy atom. The Bertz CT molecular complexity index is 1740. The lowest BCUT2D eigenvalue weighted by atomic mass is 9.69. The minimum atomic E-state index is -0.793. The van der Waals surface area contributed by atoms with Gasteiger partial charge in [-0.25, -0.2) is 4.39 Å². The summed E-state index contributed by atoms with van der Waals surface area (Å²) in [4.78, 5) is 14.1. The van der Waals surface area contributed by atoms with Crippen LogP contribution >= 0.6 is 0 Å². The molecule has 1 heterocycles. The van der Waals surface area contributed by atoms with Crippen molar-refractivity contribution in [2.24, 2.45) is 17.3 Å². The number of phenolic OH excluding ortho intramolecular Hbond substituents is 1. The normalized spacial score (nSPS) is 14.7. The number of carbonyl (C=O) groups excluding carboxylic acids is 1. The van der Waals surface area contributed by atoms with Gasteiger partial charge in [0.1, 0.15) is 11.6 Å². The highest BCUT2D eigenvalue weighted by Crippen LogP contribution is 2.52. The standard InChI is InChI=1S/C40H49FN2O2.C7H16.2C2H6/c1-7-15-27(6)38-36(40(9-3,39(45)43-38)21-14-17-26(4)5)34-24-29(19-12-13-22-42)35(37(41)32(34)16-8-2)33-25-30(44)23-28-18-10-11-20-31(28)33;1-4-7(5-2)6-3;2*1-2/h10-11,18,20,23-26,44H,6-9,12-17,19,21H2,1-5H3,(H,43,45);7H,4-6H2,1-3H3;2*1-2H3. The molecule has 1 aliphatic heterocycles. The molecule has 0 aromatic heterocycles. The Labute approximate surface area is 342 Å². The lowest BCUT2D eigenvalue weighted by Crippen LogP contribution is -2.34. The minimum Gasteiger partial charge on any atom is -0.508 e. The van der Waals surface area contributed by atoms with Crippen molar-refractivity contribution in [1.82, 2.24) is 5.32 Å². The molecule has 0 radical (unpaired) electrons. The number of amides is 1. The molecule has 1 atom stereocenters. The van der Waals surface area contributed by atoms with Crippen molar-refractivity contribution >= 4 is 22.3 Å². The molecule has 1 aliphatic rings. The lowest BCUT2D eigenvalue weighted by Gasteiger charge is -2.31. The maximum absolute atomic E-state index is 17.5. The van der Waals surface area contributed by atoms with Crippen molar-refractivity contribution in [1.29, 1.82) is 5.26 Å². The SMILES string of the molecule is C=C(CCC)C1=C(c2cc(CCCC#N)c(-c3cc(O)cc4ccccc34)c(F)c2CCC)C(CC)(CCCC(C)C)C(=O)N1.CC.CC.CCC(CC)CC. The van der Waals surface area contributed by atoms with Crippen molar-refractivity contribution in [3.8, 4) is 22.9 Å². The van der Waals surface area contributed by atoms with Crippen molar-refractivity contribution in [3.63, 3.8) is 0 Å². The number of hydrogen-bond acceptors (Lipinski definition) is 3. The van der Waals surface area contributed by atoms with Gasteiger partial charge in [0.2, 0.25) is 5.91 Å². The highest BCUT2D eigenvalue weighted by molar-refractivity contribution is 6.06. The third-order valence-electron chi connectivity index (χ3n) is 11.1. The highest BCUT2D eigenvalue weighted by atomic mass is 19.1. The van der Waals surface area contributed by atoms with E-state index in [-0.39, 0.29) is 17.5 Å². The quantitative estimate of drug-likeness (QED) is 0.127. The Kier molecular flexibility index (Phi) is 23.3. The summed E-state index contributed by atoms with van der Waals surface area (Å²) >= 11 is 0. The first-order chi connectivity index (χ1) is 27.0. The van der Waals surface area contributed by atoms with Crippen LogP contribution in [-0.2, 0) is 17.6 Å². The van der Waals surface area contributed by atoms with E-state index in [4.69, 9.17) is 0 Å². The van der Waals surface area contributed by atoms with Gasteiger partial charge in [0, 0.05) is 17.7 Å². The van der Waals surface area contributed by atoms with Crippen molar-refractivity contribution in [2.75, 3.05) is 0 Å². The molecule has 4 rings (SSSR count). The molecule has 2 N–H and O–H groups in total. The van der Waals surface area contributed by atoms with E-state index in [0.29, 0.717) is 61.1 Å². The molecule has 0 saturated heterocycles. The molecule has 0 aliphatic carbocycles. The van der Waals surface area contributed by atoms with Gasteiger partial charge in [-0.2, -0.15) is 5.26 Å². The van der Waals surface area contributed by atoms with E-state index >= 15 is 4.39 Å². The van der Waals surface area contributed by atoms with Crippen LogP contribution in [0.2, 0.25) is 0 Å². The summed E-state index contributed by atoms with van der Waals surface area (Å²) in [7, 11) is 0. The number of aromatic hydroxyl groups is 1. The number of benzene rings is 3. The Balaban J connectivity index is 0.00000127. The average molecular weight is 769 g/mol. The third kappa shape index (κ3) is 12.5. The Morgan fingerprint density at radius 3 is 2.09 bits per heavy atom. The first kappa shape index (κ1) is 50.1. The monoisotopic (exact) mass is 769 g/mol. The predicted octanol–water partition coefficient (Wildman–Crippen LogP) is 15.5. The van der Waals surface area contributed by atoms with Gasteiger partial charge in [-0.1, -0.05) is 165 Å². The van der Waals surface area contributed by atoms with E-state index in [1.54, 1.807) is 12.1 Å². The summed E-state index contributed by atoms with van der Waals surface area (Å²) in [5.74, 6) is 1.25. The molecule has 0 fully saturated rings. The second-order valence-electron chi connectivity index (χ2n) is 15.1. The number of nitriles is 1. The van der Waals surface area contributed by atoms with E-state index in [9.17, 15) is 15.2 Å². The molecular weight excluding hydrogens is 692 g/mol. The zero-order valence-electron chi connectivity index (χ0n) is 37.5. The number of rotatable bonds is 18. The third-order valence-corrected chi connectivity index (χ3v) is 11.1. The summed E-state index contributed by atoms with van der Waals surface area (Å²) < 4.78 is 17.5. The number of phenols is 1. The molecule has 4 nitrogen and oxygen atoms in total. The maximum Gasteiger partial charge on any atom is 0.235 e. The summed E-state index contributed by atoms with van der Waals surface area (Å²) in [6, 6.07) is 15.4. The van der Waals surface area contributed by atoms with Crippen molar-refractivity contribution < 1.29 is 14.3 Å². The molecule has 0 saturated carbocycles. The van der Waals surface area contributed by atoms with Gasteiger partial charge in [-0.15, -0.1) is 0 Å².